The molecule has 6 saturated carbocycles. The van der Waals surface area contributed by atoms with Gasteiger partial charge in [-0.05, 0) is 188 Å². The lowest BCUT2D eigenvalue weighted by atomic mass is 9.50. The normalized spacial score (nSPS) is 24.9. The molecule has 0 aromatic rings. The van der Waals surface area contributed by atoms with E-state index in [2.05, 4.69) is 13.8 Å². The minimum atomic E-state index is -0.486. The van der Waals surface area contributed by atoms with Gasteiger partial charge in [-0.3, -0.25) is 24.0 Å². The lowest BCUT2D eigenvalue weighted by Crippen LogP contribution is -2.58. The lowest BCUT2D eigenvalue weighted by molar-refractivity contribution is -0.207. The highest BCUT2D eigenvalue weighted by Gasteiger charge is 2.57. The van der Waals surface area contributed by atoms with Gasteiger partial charge in [-0.25, -0.2) is 4.79 Å². The molecule has 6 aliphatic carbocycles. The Morgan fingerprint density at radius 1 is 0.492 bits per heavy atom. The van der Waals surface area contributed by atoms with E-state index >= 15 is 0 Å². The van der Waals surface area contributed by atoms with Gasteiger partial charge in [0.2, 0.25) is 0 Å². The van der Waals surface area contributed by atoms with E-state index in [0.717, 1.165) is 82.5 Å². The highest BCUT2D eigenvalue weighted by molar-refractivity contribution is 5.77. The molecule has 0 heterocycles. The molecule has 0 unspecified atom stereocenters. The molecule has 6 fully saturated rings. The maximum Gasteiger partial charge on any atom is 0.332 e. The van der Waals surface area contributed by atoms with Gasteiger partial charge in [-0.15, -0.1) is 0 Å². The molecule has 65 heavy (non-hydrogen) atoms. The second kappa shape index (κ2) is 24.7. The van der Waals surface area contributed by atoms with E-state index in [1.165, 1.54) is 32.1 Å². The van der Waals surface area contributed by atoms with Crippen molar-refractivity contribution >= 4 is 35.8 Å². The molecule has 0 amide bonds. The molecule has 0 radical (unpaired) electrons. The van der Waals surface area contributed by atoms with Crippen LogP contribution in [0.25, 0.3) is 0 Å². The minimum Gasteiger partial charge on any atom is -0.465 e. The number of rotatable bonds is 21. The first-order chi connectivity index (χ1) is 30.4. The molecule has 0 saturated heterocycles. The van der Waals surface area contributed by atoms with Crippen LogP contribution in [-0.2, 0) is 61.9 Å². The zero-order chi connectivity index (χ0) is 48.7. The number of hydrogen-bond donors (Lipinski definition) is 0. The Morgan fingerprint density at radius 2 is 0.892 bits per heavy atom. The van der Waals surface area contributed by atoms with E-state index in [0.29, 0.717) is 18.3 Å². The Hall–Kier alpha value is -3.22. The third kappa shape index (κ3) is 16.8. The predicted octanol–water partition coefficient (Wildman–Crippen LogP) is 10.6. The van der Waals surface area contributed by atoms with E-state index in [4.69, 9.17) is 33.2 Å². The summed E-state index contributed by atoms with van der Waals surface area (Å²) >= 11 is 0. The van der Waals surface area contributed by atoms with Crippen LogP contribution in [0.15, 0.2) is 0 Å². The predicted molar refractivity (Wildman–Crippen MR) is 247 cm³/mol. The maximum absolute atomic E-state index is 12.3. The SMILES string of the molecule is CCC(C)(C)C(=O)OCCC(=O)OC1(C)CCCC1.CCC(C)(C)C(=O)OCCOCC(=O)OC1(C)C2CC3CC(C2)CC1C3.CCC1(OC(=O)CCOC(=O)C(C)(C)CC)CCCC1. The van der Waals surface area contributed by atoms with E-state index in [1.807, 2.05) is 69.2 Å². The van der Waals surface area contributed by atoms with E-state index in [-0.39, 0.29) is 98.5 Å². The van der Waals surface area contributed by atoms with Crippen LogP contribution in [0.5, 0.6) is 0 Å². The van der Waals surface area contributed by atoms with E-state index in [9.17, 15) is 28.8 Å². The van der Waals surface area contributed by atoms with Crippen LogP contribution in [0.1, 0.15) is 205 Å². The summed E-state index contributed by atoms with van der Waals surface area (Å²) in [5, 5.41) is 0. The summed E-state index contributed by atoms with van der Waals surface area (Å²) in [6, 6.07) is 0. The van der Waals surface area contributed by atoms with Crippen LogP contribution in [0.3, 0.4) is 0 Å². The highest BCUT2D eigenvalue weighted by atomic mass is 16.6. The monoisotopic (exact) mass is 921 g/mol. The molecule has 13 heteroatoms. The van der Waals surface area contributed by atoms with Crippen molar-refractivity contribution in [1.82, 2.24) is 0 Å². The van der Waals surface area contributed by atoms with Crippen LogP contribution < -0.4 is 0 Å². The fraction of sp³-hybridized carbons (Fsp3) is 0.885. The molecular formula is C52H88O13. The van der Waals surface area contributed by atoms with Crippen molar-refractivity contribution in [1.29, 1.82) is 0 Å². The van der Waals surface area contributed by atoms with Crippen molar-refractivity contribution in [2.75, 3.05) is 33.0 Å². The van der Waals surface area contributed by atoms with Crippen molar-refractivity contribution in [2.24, 2.45) is 39.9 Å². The first-order valence-electron chi connectivity index (χ1n) is 25.1. The number of carbonyl (C=O) groups excluding carboxylic acids is 6. The smallest absolute Gasteiger partial charge is 0.332 e. The van der Waals surface area contributed by atoms with Crippen molar-refractivity contribution in [2.45, 2.75) is 222 Å². The summed E-state index contributed by atoms with van der Waals surface area (Å²) < 4.78 is 37.9. The molecule has 0 aromatic carbocycles. The topological polar surface area (TPSA) is 167 Å². The zero-order valence-electron chi connectivity index (χ0n) is 42.6. The highest BCUT2D eigenvalue weighted by Crippen LogP contribution is 2.59. The molecule has 6 aliphatic rings. The third-order valence-corrected chi connectivity index (χ3v) is 15.7. The summed E-state index contributed by atoms with van der Waals surface area (Å²) in [7, 11) is 0. The molecule has 0 N–H and O–H groups in total. The minimum absolute atomic E-state index is 0.0728. The lowest BCUT2D eigenvalue weighted by Gasteiger charge is -2.59. The van der Waals surface area contributed by atoms with Gasteiger partial charge in [0.05, 0.1) is 35.7 Å². The summed E-state index contributed by atoms with van der Waals surface area (Å²) in [6.07, 6.45) is 17.8. The van der Waals surface area contributed by atoms with Crippen LogP contribution in [0, 0.1) is 39.9 Å². The first-order valence-corrected chi connectivity index (χ1v) is 25.1. The summed E-state index contributed by atoms with van der Waals surface area (Å²) in [6.45, 7) is 23.6. The molecule has 6 rings (SSSR count). The molecule has 0 aromatic heterocycles. The molecule has 374 valence electrons. The van der Waals surface area contributed by atoms with E-state index in [1.54, 1.807) is 0 Å². The maximum atomic E-state index is 12.3. The van der Waals surface area contributed by atoms with Gasteiger partial charge in [0.25, 0.3) is 0 Å². The molecule has 0 spiro atoms. The fourth-order valence-corrected chi connectivity index (χ4v) is 9.77. The van der Waals surface area contributed by atoms with Gasteiger partial charge in [0, 0.05) is 0 Å². The second-order valence-corrected chi connectivity index (χ2v) is 22.0. The molecule has 4 bridgehead atoms. The summed E-state index contributed by atoms with van der Waals surface area (Å²) in [5.41, 5.74) is -2.33. The van der Waals surface area contributed by atoms with Crippen LogP contribution in [0.4, 0.5) is 0 Å². The summed E-state index contributed by atoms with van der Waals surface area (Å²) in [4.78, 5) is 71.2. The molecule has 0 aliphatic heterocycles. The third-order valence-electron chi connectivity index (χ3n) is 15.7. The van der Waals surface area contributed by atoms with Gasteiger partial charge >= 0.3 is 35.8 Å². The van der Waals surface area contributed by atoms with Crippen molar-refractivity contribution < 1.29 is 61.9 Å². The fourth-order valence-electron chi connectivity index (χ4n) is 9.77. The average Bonchev–Trinajstić information content (AvgIpc) is 3.91. The number of ether oxygens (including phenoxy) is 7. The van der Waals surface area contributed by atoms with Crippen LogP contribution >= 0.6 is 0 Å². The van der Waals surface area contributed by atoms with Crippen molar-refractivity contribution in [3.05, 3.63) is 0 Å². The molecular weight excluding hydrogens is 833 g/mol. The quantitative estimate of drug-likeness (QED) is 0.0607. The van der Waals surface area contributed by atoms with Crippen LogP contribution in [-0.4, -0.2) is 85.7 Å². The Morgan fingerprint density at radius 3 is 1.31 bits per heavy atom. The van der Waals surface area contributed by atoms with Crippen molar-refractivity contribution in [3.63, 3.8) is 0 Å². The van der Waals surface area contributed by atoms with Gasteiger partial charge in [0.1, 0.15) is 43.2 Å². The zero-order valence-corrected chi connectivity index (χ0v) is 42.6. The van der Waals surface area contributed by atoms with Crippen LogP contribution in [0.2, 0.25) is 0 Å². The standard InChI is InChI=1S/C21H34O5.C16H28O4.C15H26O4/c1-5-20(2,3)19(23)25-7-6-24-13-18(22)26-21(4)16-9-14-8-15(11-16)12-17(21)10-14;1-5-15(3,4)14(18)19-12-9-13(17)20-16(6-2)10-7-8-11-16;1-5-14(2,3)13(17)18-11-8-12(16)19-15(4)9-6-7-10-15/h14-17H,5-13H2,1-4H3;5-12H2,1-4H3;5-11H2,1-4H3. The largest absolute Gasteiger partial charge is 0.465 e. The Bertz CT molecular complexity index is 1540. The Kier molecular flexibility index (Phi) is 21.3. The van der Waals surface area contributed by atoms with Gasteiger partial charge in [-0.2, -0.15) is 0 Å². The molecule has 0 atom stereocenters. The van der Waals surface area contributed by atoms with Crippen molar-refractivity contribution in [3.8, 4) is 0 Å². The number of carbonyl (C=O) groups is 6. The number of hydrogen-bond acceptors (Lipinski definition) is 13. The molecule has 13 nitrogen and oxygen atoms in total. The van der Waals surface area contributed by atoms with E-state index < -0.39 is 16.2 Å². The van der Waals surface area contributed by atoms with Gasteiger partial charge in [-0.1, -0.05) is 27.7 Å². The Labute approximate surface area is 391 Å². The van der Waals surface area contributed by atoms with Gasteiger partial charge in [0.15, 0.2) is 0 Å². The number of esters is 6. The second-order valence-electron chi connectivity index (χ2n) is 22.0. The summed E-state index contributed by atoms with van der Waals surface area (Å²) in [5.74, 6) is 1.17. The first kappa shape index (κ1) is 56.1. The average molecular weight is 921 g/mol. The van der Waals surface area contributed by atoms with Gasteiger partial charge < -0.3 is 33.2 Å². The Balaban J connectivity index is 0.000000264.